The van der Waals surface area contributed by atoms with Gasteiger partial charge in [0, 0.05) is 25.4 Å². The van der Waals surface area contributed by atoms with E-state index in [1.54, 1.807) is 20.4 Å². The molecule has 2 aromatic rings. The van der Waals surface area contributed by atoms with Crippen LogP contribution in [-0.4, -0.2) is 32.4 Å². The van der Waals surface area contributed by atoms with Gasteiger partial charge >= 0.3 is 0 Å². The van der Waals surface area contributed by atoms with Crippen LogP contribution in [0.2, 0.25) is 5.02 Å². The minimum Gasteiger partial charge on any atom is -0.493 e. The van der Waals surface area contributed by atoms with Gasteiger partial charge in [0.25, 0.3) is 0 Å². The molecule has 0 amide bonds. The highest BCUT2D eigenvalue weighted by Crippen LogP contribution is 2.35. The Bertz CT molecular complexity index is 593. The Balaban J connectivity index is 1.81. The summed E-state index contributed by atoms with van der Waals surface area (Å²) in [4.78, 5) is 4.09. The number of halogens is 1. The topological polar surface area (TPSA) is 52.6 Å². The monoisotopic (exact) mass is 322 g/mol. The van der Waals surface area contributed by atoms with Crippen molar-refractivity contribution < 1.29 is 14.2 Å². The first-order valence-electron chi connectivity index (χ1n) is 6.89. The van der Waals surface area contributed by atoms with Crippen LogP contribution >= 0.6 is 11.6 Å². The second-order valence-corrected chi connectivity index (χ2v) is 4.91. The number of nitrogens with zero attached hydrogens (tertiary/aromatic N) is 1. The molecule has 0 aliphatic heterocycles. The molecule has 1 N–H and O–H groups in total. The van der Waals surface area contributed by atoms with Gasteiger partial charge in [-0.1, -0.05) is 17.7 Å². The third-order valence-corrected chi connectivity index (χ3v) is 3.27. The van der Waals surface area contributed by atoms with Crippen molar-refractivity contribution in [2.75, 3.05) is 27.4 Å². The lowest BCUT2D eigenvalue weighted by molar-refractivity contribution is 0.302. The standard InChI is InChI=1S/C16H19ClN2O3/c1-20-14-10-12(9-13(17)16(14)21-2)11-18-7-8-22-15-5-3-4-6-19-15/h3-6,9-10,18H,7-8,11H2,1-2H3. The molecule has 0 fully saturated rings. The van der Waals surface area contributed by atoms with Gasteiger partial charge in [0.15, 0.2) is 11.5 Å². The number of pyridine rings is 1. The van der Waals surface area contributed by atoms with Crippen molar-refractivity contribution in [2.24, 2.45) is 0 Å². The van der Waals surface area contributed by atoms with E-state index in [4.69, 9.17) is 25.8 Å². The van der Waals surface area contributed by atoms with Crippen LogP contribution in [0.25, 0.3) is 0 Å². The van der Waals surface area contributed by atoms with E-state index in [2.05, 4.69) is 10.3 Å². The third kappa shape index (κ3) is 4.51. The average molecular weight is 323 g/mol. The van der Waals surface area contributed by atoms with Crippen LogP contribution in [0.1, 0.15) is 5.56 Å². The minimum absolute atomic E-state index is 0.531. The maximum atomic E-state index is 6.17. The number of hydrogen-bond donors (Lipinski definition) is 1. The van der Waals surface area contributed by atoms with Gasteiger partial charge < -0.3 is 19.5 Å². The van der Waals surface area contributed by atoms with Crippen molar-refractivity contribution in [3.8, 4) is 17.4 Å². The fraction of sp³-hybridized carbons (Fsp3) is 0.312. The van der Waals surface area contributed by atoms with E-state index in [9.17, 15) is 0 Å². The quantitative estimate of drug-likeness (QED) is 0.757. The van der Waals surface area contributed by atoms with Crippen LogP contribution in [-0.2, 0) is 6.54 Å². The molecule has 0 atom stereocenters. The summed E-state index contributed by atoms with van der Waals surface area (Å²) in [6, 6.07) is 9.33. The van der Waals surface area contributed by atoms with Gasteiger partial charge in [0.1, 0.15) is 6.61 Å². The molecule has 0 aliphatic carbocycles. The summed E-state index contributed by atoms with van der Waals surface area (Å²) in [7, 11) is 3.16. The number of aromatic nitrogens is 1. The molecule has 22 heavy (non-hydrogen) atoms. The first-order valence-corrected chi connectivity index (χ1v) is 7.27. The lowest BCUT2D eigenvalue weighted by atomic mass is 10.2. The summed E-state index contributed by atoms with van der Waals surface area (Å²) in [5.74, 6) is 1.79. The van der Waals surface area contributed by atoms with Crippen molar-refractivity contribution in [1.29, 1.82) is 0 Å². The van der Waals surface area contributed by atoms with Crippen LogP contribution in [0.4, 0.5) is 0 Å². The molecule has 1 aromatic heterocycles. The summed E-state index contributed by atoms with van der Waals surface area (Å²) in [6.07, 6.45) is 1.70. The number of ether oxygens (including phenoxy) is 3. The van der Waals surface area contributed by atoms with Crippen molar-refractivity contribution in [2.45, 2.75) is 6.54 Å². The van der Waals surface area contributed by atoms with E-state index in [-0.39, 0.29) is 0 Å². The molecule has 5 nitrogen and oxygen atoms in total. The molecule has 0 saturated carbocycles. The smallest absolute Gasteiger partial charge is 0.213 e. The normalized spacial score (nSPS) is 10.3. The zero-order chi connectivity index (χ0) is 15.8. The van der Waals surface area contributed by atoms with E-state index < -0.39 is 0 Å². The van der Waals surface area contributed by atoms with E-state index >= 15 is 0 Å². The Hall–Kier alpha value is -1.98. The highest BCUT2D eigenvalue weighted by Gasteiger charge is 2.10. The van der Waals surface area contributed by atoms with E-state index in [1.807, 2.05) is 30.3 Å². The van der Waals surface area contributed by atoms with Gasteiger partial charge in [-0.3, -0.25) is 0 Å². The minimum atomic E-state index is 0.531. The van der Waals surface area contributed by atoms with Crippen LogP contribution in [0.5, 0.6) is 17.4 Å². The van der Waals surface area contributed by atoms with Gasteiger partial charge in [0.2, 0.25) is 5.88 Å². The fourth-order valence-corrected chi connectivity index (χ4v) is 2.28. The Kier molecular flexibility index (Phi) is 6.30. The van der Waals surface area contributed by atoms with Crippen LogP contribution in [0.15, 0.2) is 36.5 Å². The number of rotatable bonds is 8. The molecule has 0 spiro atoms. The van der Waals surface area contributed by atoms with Crippen molar-refractivity contribution in [1.82, 2.24) is 10.3 Å². The van der Waals surface area contributed by atoms with Gasteiger partial charge in [-0.25, -0.2) is 4.98 Å². The Morgan fingerprint density at radius 3 is 2.73 bits per heavy atom. The van der Waals surface area contributed by atoms with Crippen molar-refractivity contribution >= 4 is 11.6 Å². The second-order valence-electron chi connectivity index (χ2n) is 4.51. The maximum absolute atomic E-state index is 6.17. The van der Waals surface area contributed by atoms with E-state index in [0.29, 0.717) is 42.1 Å². The fourth-order valence-electron chi connectivity index (χ4n) is 1.97. The van der Waals surface area contributed by atoms with Gasteiger partial charge in [0.05, 0.1) is 19.2 Å². The summed E-state index contributed by atoms with van der Waals surface area (Å²) >= 11 is 6.17. The van der Waals surface area contributed by atoms with E-state index in [1.165, 1.54) is 0 Å². The van der Waals surface area contributed by atoms with Gasteiger partial charge in [-0.05, 0) is 23.8 Å². The summed E-state index contributed by atoms with van der Waals surface area (Å²) in [5.41, 5.74) is 1.01. The van der Waals surface area contributed by atoms with E-state index in [0.717, 1.165) is 5.56 Å². The number of benzene rings is 1. The molecule has 1 heterocycles. The Morgan fingerprint density at radius 1 is 1.18 bits per heavy atom. The zero-order valence-corrected chi connectivity index (χ0v) is 13.4. The van der Waals surface area contributed by atoms with Gasteiger partial charge in [-0.15, -0.1) is 0 Å². The van der Waals surface area contributed by atoms with Crippen LogP contribution in [0, 0.1) is 0 Å². The molecule has 0 saturated heterocycles. The van der Waals surface area contributed by atoms with Crippen molar-refractivity contribution in [3.63, 3.8) is 0 Å². The molecule has 1 aromatic carbocycles. The molecule has 6 heteroatoms. The zero-order valence-electron chi connectivity index (χ0n) is 12.6. The molecule has 2 rings (SSSR count). The lowest BCUT2D eigenvalue weighted by Crippen LogP contribution is -2.20. The number of hydrogen-bond acceptors (Lipinski definition) is 5. The third-order valence-electron chi connectivity index (χ3n) is 2.99. The highest BCUT2D eigenvalue weighted by molar-refractivity contribution is 6.32. The average Bonchev–Trinajstić information content (AvgIpc) is 2.55. The Morgan fingerprint density at radius 2 is 2.05 bits per heavy atom. The molecular formula is C16H19ClN2O3. The molecular weight excluding hydrogens is 304 g/mol. The number of nitrogens with one attached hydrogen (secondary N) is 1. The highest BCUT2D eigenvalue weighted by atomic mass is 35.5. The molecule has 0 aliphatic rings. The first-order chi connectivity index (χ1) is 10.7. The maximum Gasteiger partial charge on any atom is 0.213 e. The molecule has 0 bridgehead atoms. The Labute approximate surface area is 135 Å². The molecule has 0 unspecified atom stereocenters. The SMILES string of the molecule is COc1cc(CNCCOc2ccccn2)cc(Cl)c1OC. The first kappa shape index (κ1) is 16.4. The number of methoxy groups -OCH3 is 2. The second kappa shape index (κ2) is 8.46. The largest absolute Gasteiger partial charge is 0.493 e. The molecule has 118 valence electrons. The summed E-state index contributed by atoms with van der Waals surface area (Å²) in [5, 5.41) is 3.81. The lowest BCUT2D eigenvalue weighted by Gasteiger charge is -2.12. The predicted molar refractivity (Wildman–Crippen MR) is 86.0 cm³/mol. The summed E-state index contributed by atoms with van der Waals surface area (Å²) < 4.78 is 16.0. The molecule has 0 radical (unpaired) electrons. The van der Waals surface area contributed by atoms with Gasteiger partial charge in [-0.2, -0.15) is 0 Å². The van der Waals surface area contributed by atoms with Crippen LogP contribution in [0.3, 0.4) is 0 Å². The van der Waals surface area contributed by atoms with Crippen LogP contribution < -0.4 is 19.5 Å². The van der Waals surface area contributed by atoms with Crippen molar-refractivity contribution in [3.05, 3.63) is 47.1 Å². The summed E-state index contributed by atoms with van der Waals surface area (Å²) in [6.45, 7) is 1.90. The predicted octanol–water partition coefficient (Wildman–Crippen LogP) is 2.92.